The second kappa shape index (κ2) is 6.57. The molecular weight excluding hydrogens is 303 g/mol. The molecule has 0 fully saturated rings. The zero-order chi connectivity index (χ0) is 17.1. The highest BCUT2D eigenvalue weighted by atomic mass is 19.4. The number of rotatable bonds is 6. The van der Waals surface area contributed by atoms with E-state index in [1.807, 2.05) is 0 Å². The monoisotopic (exact) mass is 320 g/mol. The molecule has 0 rings (SSSR count). The van der Waals surface area contributed by atoms with Gasteiger partial charge < -0.3 is 9.47 Å². The lowest BCUT2D eigenvalue weighted by Gasteiger charge is -2.27. The first kappa shape index (κ1) is 19.6. The maximum atomic E-state index is 13.5. The van der Waals surface area contributed by atoms with Crippen molar-refractivity contribution >= 4 is 11.9 Å². The van der Waals surface area contributed by atoms with E-state index in [-0.39, 0.29) is 0 Å². The Balaban J connectivity index is 4.76. The van der Waals surface area contributed by atoms with Crippen molar-refractivity contribution in [3.8, 4) is 0 Å². The molecule has 0 amide bonds. The molecule has 0 saturated carbocycles. The third-order valence-corrected chi connectivity index (χ3v) is 2.87. The molecule has 21 heavy (non-hydrogen) atoms. The molecule has 0 aromatic heterocycles. The van der Waals surface area contributed by atoms with E-state index in [0.29, 0.717) is 13.3 Å². The number of hydrogen-bond donors (Lipinski definition) is 0. The molecule has 0 bridgehead atoms. The van der Waals surface area contributed by atoms with Crippen molar-refractivity contribution < 1.29 is 41.0 Å². The van der Waals surface area contributed by atoms with Crippen molar-refractivity contribution in [2.24, 2.45) is 5.41 Å². The first-order chi connectivity index (χ1) is 9.24. The van der Waals surface area contributed by atoms with Crippen LogP contribution in [0.15, 0.2) is 0 Å². The summed E-state index contributed by atoms with van der Waals surface area (Å²) < 4.78 is 70.4. The van der Waals surface area contributed by atoms with Crippen LogP contribution >= 0.6 is 0 Å². The van der Waals surface area contributed by atoms with Crippen LogP contribution in [0.5, 0.6) is 0 Å². The SMILES string of the molecule is CCC(C)(C)C(=O)OC(C)C(F)(F)C(=O)OCC(F)(F)F. The largest absolute Gasteiger partial charge is 0.455 e. The smallest absolute Gasteiger partial charge is 0.422 e. The predicted molar refractivity (Wildman–Crippen MR) is 61.6 cm³/mol. The minimum atomic E-state index is -4.92. The molecule has 0 aliphatic heterocycles. The number of carbonyl (C=O) groups is 2. The number of ether oxygens (including phenoxy) is 2. The van der Waals surface area contributed by atoms with E-state index in [4.69, 9.17) is 0 Å². The molecule has 1 unspecified atom stereocenters. The molecule has 4 nitrogen and oxygen atoms in total. The lowest BCUT2D eigenvalue weighted by Crippen LogP contribution is -2.46. The Morgan fingerprint density at radius 1 is 1.05 bits per heavy atom. The summed E-state index contributed by atoms with van der Waals surface area (Å²) in [5.41, 5.74) is -1.06. The molecule has 124 valence electrons. The second-order valence-corrected chi connectivity index (χ2v) is 5.10. The van der Waals surface area contributed by atoms with E-state index in [2.05, 4.69) is 9.47 Å². The second-order valence-electron chi connectivity index (χ2n) is 5.10. The Hall–Kier alpha value is -1.41. The van der Waals surface area contributed by atoms with E-state index in [1.165, 1.54) is 13.8 Å². The van der Waals surface area contributed by atoms with Gasteiger partial charge >= 0.3 is 24.0 Å². The van der Waals surface area contributed by atoms with E-state index in [0.717, 1.165) is 0 Å². The highest BCUT2D eigenvalue weighted by Crippen LogP contribution is 2.28. The van der Waals surface area contributed by atoms with Gasteiger partial charge in [-0.1, -0.05) is 6.92 Å². The van der Waals surface area contributed by atoms with Crippen molar-refractivity contribution in [3.63, 3.8) is 0 Å². The number of alkyl halides is 5. The maximum absolute atomic E-state index is 13.5. The Labute approximate surface area is 118 Å². The van der Waals surface area contributed by atoms with Crippen LogP contribution in [0.2, 0.25) is 0 Å². The minimum Gasteiger partial charge on any atom is -0.455 e. The van der Waals surface area contributed by atoms with Gasteiger partial charge in [0.05, 0.1) is 5.41 Å². The number of esters is 2. The van der Waals surface area contributed by atoms with Crippen molar-refractivity contribution in [3.05, 3.63) is 0 Å². The normalized spacial score (nSPS) is 14.5. The first-order valence-electron chi connectivity index (χ1n) is 6.07. The first-order valence-corrected chi connectivity index (χ1v) is 6.07. The van der Waals surface area contributed by atoms with Crippen LogP contribution < -0.4 is 0 Å². The Morgan fingerprint density at radius 3 is 1.90 bits per heavy atom. The van der Waals surface area contributed by atoms with E-state index < -0.39 is 42.2 Å². The Kier molecular flexibility index (Phi) is 6.13. The van der Waals surface area contributed by atoms with Gasteiger partial charge in [0.1, 0.15) is 0 Å². The number of halogens is 5. The molecule has 0 N–H and O–H groups in total. The van der Waals surface area contributed by atoms with Crippen molar-refractivity contribution in [1.29, 1.82) is 0 Å². The lowest BCUT2D eigenvalue weighted by molar-refractivity contribution is -0.217. The van der Waals surface area contributed by atoms with Gasteiger partial charge in [-0.25, -0.2) is 4.79 Å². The molecule has 9 heteroatoms. The number of carbonyl (C=O) groups excluding carboxylic acids is 2. The highest BCUT2D eigenvalue weighted by Gasteiger charge is 2.51. The summed E-state index contributed by atoms with van der Waals surface area (Å²) >= 11 is 0. The zero-order valence-electron chi connectivity index (χ0n) is 12.0. The third kappa shape index (κ3) is 5.84. The fourth-order valence-corrected chi connectivity index (χ4v) is 0.948. The van der Waals surface area contributed by atoms with Gasteiger partial charge in [0.25, 0.3) is 0 Å². The molecule has 0 spiro atoms. The molecule has 0 aromatic carbocycles. The Bertz CT molecular complexity index is 390. The average Bonchev–Trinajstić information content (AvgIpc) is 2.34. The lowest BCUT2D eigenvalue weighted by atomic mass is 9.90. The van der Waals surface area contributed by atoms with E-state index in [9.17, 15) is 31.5 Å². The molecule has 1 atom stereocenters. The van der Waals surface area contributed by atoms with Gasteiger partial charge in [0, 0.05) is 0 Å². The van der Waals surface area contributed by atoms with Gasteiger partial charge in [-0.15, -0.1) is 0 Å². The maximum Gasteiger partial charge on any atom is 0.422 e. The topological polar surface area (TPSA) is 52.6 Å². The third-order valence-electron chi connectivity index (χ3n) is 2.87. The quantitative estimate of drug-likeness (QED) is 0.557. The van der Waals surface area contributed by atoms with Gasteiger partial charge in [-0.05, 0) is 27.2 Å². The van der Waals surface area contributed by atoms with Crippen LogP contribution in [0.4, 0.5) is 22.0 Å². The summed E-state index contributed by atoms with van der Waals surface area (Å²) in [5.74, 6) is -7.75. The average molecular weight is 320 g/mol. The van der Waals surface area contributed by atoms with Crippen LogP contribution in [0.25, 0.3) is 0 Å². The number of hydrogen-bond acceptors (Lipinski definition) is 4. The summed E-state index contributed by atoms with van der Waals surface area (Å²) in [4.78, 5) is 22.6. The summed E-state index contributed by atoms with van der Waals surface area (Å²) in [6, 6.07) is 0. The molecule has 0 aliphatic carbocycles. The molecule has 0 aromatic rings. The molecule has 0 saturated heterocycles. The molecular formula is C12H17F5O4. The molecule has 0 radical (unpaired) electrons. The van der Waals surface area contributed by atoms with Crippen LogP contribution in [0.1, 0.15) is 34.1 Å². The van der Waals surface area contributed by atoms with E-state index >= 15 is 0 Å². The van der Waals surface area contributed by atoms with E-state index in [1.54, 1.807) is 6.92 Å². The molecule has 0 aliphatic rings. The van der Waals surface area contributed by atoms with Crippen LogP contribution in [-0.2, 0) is 19.1 Å². The fourth-order valence-electron chi connectivity index (χ4n) is 0.948. The predicted octanol–water partition coefficient (Wildman–Crippen LogP) is 3.10. The van der Waals surface area contributed by atoms with Gasteiger partial charge in [-0.3, -0.25) is 4.79 Å². The minimum absolute atomic E-state index is 0.294. The Morgan fingerprint density at radius 2 is 1.52 bits per heavy atom. The van der Waals surface area contributed by atoms with Gasteiger partial charge in [-0.2, -0.15) is 22.0 Å². The van der Waals surface area contributed by atoms with Crippen molar-refractivity contribution in [2.45, 2.75) is 52.3 Å². The zero-order valence-corrected chi connectivity index (χ0v) is 12.0. The van der Waals surface area contributed by atoms with Crippen molar-refractivity contribution in [2.75, 3.05) is 6.61 Å². The van der Waals surface area contributed by atoms with Crippen LogP contribution in [-0.4, -0.2) is 36.7 Å². The summed E-state index contributed by atoms with van der Waals surface area (Å²) in [6.45, 7) is 3.09. The van der Waals surface area contributed by atoms with Gasteiger partial charge in [0.2, 0.25) is 0 Å². The van der Waals surface area contributed by atoms with Crippen molar-refractivity contribution in [1.82, 2.24) is 0 Å². The van der Waals surface area contributed by atoms with Crippen LogP contribution in [0.3, 0.4) is 0 Å². The summed E-state index contributed by atoms with van der Waals surface area (Å²) in [7, 11) is 0. The fraction of sp³-hybridized carbons (Fsp3) is 0.833. The standard InChI is InChI=1S/C12H17F5O4/c1-5-10(3,4)8(18)21-7(2)12(16,17)9(19)20-6-11(13,14)15/h7H,5-6H2,1-4H3. The van der Waals surface area contributed by atoms with Gasteiger partial charge in [0.15, 0.2) is 12.7 Å². The molecule has 0 heterocycles. The summed E-state index contributed by atoms with van der Waals surface area (Å²) in [6.07, 6.45) is -6.87. The summed E-state index contributed by atoms with van der Waals surface area (Å²) in [5, 5.41) is 0. The van der Waals surface area contributed by atoms with Crippen LogP contribution in [0, 0.1) is 5.41 Å². The highest BCUT2D eigenvalue weighted by molar-refractivity contribution is 5.80.